The molecule has 1 atom stereocenters. The highest BCUT2D eigenvalue weighted by molar-refractivity contribution is 5.77. The first-order valence-electron chi connectivity index (χ1n) is 11.6. The van der Waals surface area contributed by atoms with E-state index in [1.807, 2.05) is 0 Å². The fourth-order valence-corrected chi connectivity index (χ4v) is 3.68. The average molecular weight is 352 g/mol. The smallest absolute Gasteiger partial charge is 0.183 e. The van der Waals surface area contributed by atoms with E-state index in [9.17, 15) is 0 Å². The molecule has 25 heavy (non-hydrogen) atoms. The zero-order valence-corrected chi connectivity index (χ0v) is 17.4. The van der Waals surface area contributed by atoms with Crippen LogP contribution in [0.1, 0.15) is 129 Å². The lowest BCUT2D eigenvalue weighted by atomic mass is 10.1. The Labute approximate surface area is 158 Å². The summed E-state index contributed by atoms with van der Waals surface area (Å²) in [4.78, 5) is 4.80. The quantitative estimate of drug-likeness (QED) is 0.230. The number of aliphatic imine (C=N–C) groups is 1. The van der Waals surface area contributed by atoms with Crippen molar-refractivity contribution >= 4 is 5.90 Å². The van der Waals surface area contributed by atoms with Crippen molar-refractivity contribution in [2.45, 2.75) is 135 Å². The molecule has 0 aromatic carbocycles. The Balaban J connectivity index is 1.89. The Morgan fingerprint density at radius 2 is 1.16 bits per heavy atom. The fraction of sp³-hybridized carbons (Fsp3) is 0.957. The van der Waals surface area contributed by atoms with Crippen LogP contribution < -0.4 is 0 Å². The van der Waals surface area contributed by atoms with E-state index in [0.29, 0.717) is 6.04 Å². The van der Waals surface area contributed by atoms with Crippen molar-refractivity contribution in [3.63, 3.8) is 0 Å². The molecule has 0 radical (unpaired) electrons. The third kappa shape index (κ3) is 13.3. The second-order valence-electron chi connectivity index (χ2n) is 7.98. The monoisotopic (exact) mass is 351 g/mol. The second kappa shape index (κ2) is 16.9. The third-order valence-electron chi connectivity index (χ3n) is 5.40. The summed E-state index contributed by atoms with van der Waals surface area (Å²) >= 11 is 0. The summed E-state index contributed by atoms with van der Waals surface area (Å²) in [6, 6.07) is 0.462. The molecule has 1 unspecified atom stereocenters. The van der Waals surface area contributed by atoms with Crippen molar-refractivity contribution in [1.29, 1.82) is 0 Å². The van der Waals surface area contributed by atoms with Crippen molar-refractivity contribution < 1.29 is 4.74 Å². The molecule has 0 aromatic heterocycles. The van der Waals surface area contributed by atoms with Crippen molar-refractivity contribution in [2.24, 2.45) is 4.99 Å². The van der Waals surface area contributed by atoms with Crippen LogP contribution in [0, 0.1) is 0 Å². The van der Waals surface area contributed by atoms with Crippen LogP contribution in [0.25, 0.3) is 0 Å². The van der Waals surface area contributed by atoms with Gasteiger partial charge in [-0.3, -0.25) is 0 Å². The number of hydrogen-bond donors (Lipinski definition) is 0. The van der Waals surface area contributed by atoms with Gasteiger partial charge in [-0.2, -0.15) is 0 Å². The van der Waals surface area contributed by atoms with Crippen LogP contribution in [0.4, 0.5) is 0 Å². The molecular weight excluding hydrogens is 306 g/mol. The molecule has 2 heteroatoms. The van der Waals surface area contributed by atoms with Crippen molar-refractivity contribution in [2.75, 3.05) is 6.61 Å². The summed E-state index contributed by atoms with van der Waals surface area (Å²) in [5.41, 5.74) is 0. The number of ether oxygens (including phenoxy) is 1. The lowest BCUT2D eigenvalue weighted by Gasteiger charge is -2.04. The lowest BCUT2D eigenvalue weighted by molar-refractivity contribution is 0.301. The average Bonchev–Trinajstić information content (AvgIpc) is 3.07. The maximum Gasteiger partial charge on any atom is 0.183 e. The van der Waals surface area contributed by atoms with Gasteiger partial charge in [0.1, 0.15) is 6.61 Å². The van der Waals surface area contributed by atoms with E-state index in [0.717, 1.165) is 18.9 Å². The van der Waals surface area contributed by atoms with E-state index in [-0.39, 0.29) is 0 Å². The topological polar surface area (TPSA) is 21.6 Å². The molecule has 148 valence electrons. The van der Waals surface area contributed by atoms with Crippen molar-refractivity contribution in [3.05, 3.63) is 0 Å². The van der Waals surface area contributed by atoms with Crippen LogP contribution in [0.2, 0.25) is 0 Å². The molecule has 1 rings (SSSR count). The minimum atomic E-state index is 0.462. The minimum Gasteiger partial charge on any atom is -0.479 e. The molecule has 0 saturated heterocycles. The maximum atomic E-state index is 5.80. The normalized spacial score (nSPS) is 16.9. The first-order chi connectivity index (χ1) is 12.4. The van der Waals surface area contributed by atoms with Crippen LogP contribution in [0.3, 0.4) is 0 Å². The largest absolute Gasteiger partial charge is 0.479 e. The van der Waals surface area contributed by atoms with Gasteiger partial charge in [-0.25, -0.2) is 4.99 Å². The van der Waals surface area contributed by atoms with Crippen LogP contribution in [-0.2, 0) is 4.74 Å². The zero-order valence-electron chi connectivity index (χ0n) is 17.4. The van der Waals surface area contributed by atoms with Crippen LogP contribution in [0.5, 0.6) is 0 Å². The van der Waals surface area contributed by atoms with Crippen LogP contribution in [-0.4, -0.2) is 18.5 Å². The van der Waals surface area contributed by atoms with Gasteiger partial charge in [0.15, 0.2) is 5.90 Å². The van der Waals surface area contributed by atoms with Gasteiger partial charge in [-0.1, -0.05) is 110 Å². The Morgan fingerprint density at radius 3 is 1.72 bits per heavy atom. The predicted molar refractivity (Wildman–Crippen MR) is 112 cm³/mol. The number of hydrogen-bond acceptors (Lipinski definition) is 2. The molecule has 2 nitrogen and oxygen atoms in total. The molecule has 0 fully saturated rings. The summed E-state index contributed by atoms with van der Waals surface area (Å²) in [6.07, 6.45) is 24.5. The molecule has 0 aromatic rings. The number of rotatable bonds is 18. The van der Waals surface area contributed by atoms with Crippen LogP contribution in [0.15, 0.2) is 4.99 Å². The molecule has 1 aliphatic heterocycles. The highest BCUT2D eigenvalue weighted by atomic mass is 16.5. The van der Waals surface area contributed by atoms with E-state index in [2.05, 4.69) is 13.8 Å². The molecule has 1 aliphatic rings. The van der Waals surface area contributed by atoms with Gasteiger partial charge >= 0.3 is 0 Å². The zero-order chi connectivity index (χ0) is 18.0. The third-order valence-corrected chi connectivity index (χ3v) is 5.40. The summed E-state index contributed by atoms with van der Waals surface area (Å²) in [7, 11) is 0. The Hall–Kier alpha value is -0.530. The van der Waals surface area contributed by atoms with E-state index in [1.165, 1.54) is 109 Å². The Kier molecular flexibility index (Phi) is 15.2. The first-order valence-corrected chi connectivity index (χ1v) is 11.6. The van der Waals surface area contributed by atoms with Gasteiger partial charge in [-0.05, 0) is 12.8 Å². The molecule has 0 N–H and O–H groups in total. The van der Waals surface area contributed by atoms with E-state index >= 15 is 0 Å². The molecule has 0 amide bonds. The highest BCUT2D eigenvalue weighted by Gasteiger charge is 2.17. The van der Waals surface area contributed by atoms with Gasteiger partial charge in [0.05, 0.1) is 6.04 Å². The molecular formula is C23H45NO. The van der Waals surface area contributed by atoms with Gasteiger partial charge < -0.3 is 4.74 Å². The van der Waals surface area contributed by atoms with E-state index in [1.54, 1.807) is 0 Å². The highest BCUT2D eigenvalue weighted by Crippen LogP contribution is 2.17. The molecule has 0 bridgehead atoms. The number of nitrogens with zero attached hydrogens (tertiary/aromatic N) is 1. The molecule has 0 aliphatic carbocycles. The Morgan fingerprint density at radius 1 is 0.680 bits per heavy atom. The molecule has 0 saturated carbocycles. The second-order valence-corrected chi connectivity index (χ2v) is 7.98. The van der Waals surface area contributed by atoms with Crippen molar-refractivity contribution in [3.8, 4) is 0 Å². The Bertz CT molecular complexity index is 313. The van der Waals surface area contributed by atoms with Gasteiger partial charge in [0.2, 0.25) is 0 Å². The summed E-state index contributed by atoms with van der Waals surface area (Å²) in [5, 5.41) is 0. The molecule has 0 spiro atoms. The van der Waals surface area contributed by atoms with Gasteiger partial charge in [0.25, 0.3) is 0 Å². The molecule has 1 heterocycles. The lowest BCUT2D eigenvalue weighted by Crippen LogP contribution is -2.05. The van der Waals surface area contributed by atoms with Gasteiger partial charge in [0, 0.05) is 6.42 Å². The van der Waals surface area contributed by atoms with Crippen LogP contribution >= 0.6 is 0 Å². The number of unbranched alkanes of at least 4 members (excludes halogenated alkanes) is 14. The first kappa shape index (κ1) is 22.5. The summed E-state index contributed by atoms with van der Waals surface area (Å²) in [6.45, 7) is 5.42. The SMILES string of the molecule is CCCCCCCCCCC1=NC(CCCCCCCCCC)CO1. The minimum absolute atomic E-state index is 0.462. The fourth-order valence-electron chi connectivity index (χ4n) is 3.68. The van der Waals surface area contributed by atoms with E-state index in [4.69, 9.17) is 9.73 Å². The predicted octanol–water partition coefficient (Wildman–Crippen LogP) is 7.85. The van der Waals surface area contributed by atoms with Gasteiger partial charge in [-0.15, -0.1) is 0 Å². The van der Waals surface area contributed by atoms with E-state index < -0.39 is 0 Å². The summed E-state index contributed by atoms with van der Waals surface area (Å²) in [5.74, 6) is 1.05. The van der Waals surface area contributed by atoms with Crippen molar-refractivity contribution in [1.82, 2.24) is 0 Å². The maximum absolute atomic E-state index is 5.80. The standard InChI is InChI=1S/C23H45NO/c1-3-5-7-9-11-13-15-17-19-22-21-25-23(24-22)20-18-16-14-12-10-8-6-4-2/h22H,3-21H2,1-2H3. The summed E-state index contributed by atoms with van der Waals surface area (Å²) < 4.78 is 5.80.